The number of amides is 1. The molecule has 0 heterocycles. The van der Waals surface area contributed by atoms with E-state index in [1.165, 1.54) is 6.92 Å². The summed E-state index contributed by atoms with van der Waals surface area (Å²) >= 11 is 5.44. The quantitative estimate of drug-likeness (QED) is 0.698. The summed E-state index contributed by atoms with van der Waals surface area (Å²) in [7, 11) is 0. The maximum atomic E-state index is 12.2. The lowest BCUT2D eigenvalue weighted by Gasteiger charge is -2.29. The number of carbonyl (C=O) groups excluding carboxylic acids is 1. The molecule has 0 aliphatic rings. The fourth-order valence-corrected chi connectivity index (χ4v) is 1.19. The molecule has 0 N–H and O–H groups in total. The van der Waals surface area contributed by atoms with Gasteiger partial charge in [0.15, 0.2) is 0 Å². The molecule has 2 nitrogen and oxygen atoms in total. The van der Waals surface area contributed by atoms with E-state index in [0.717, 1.165) is 4.90 Å². The van der Waals surface area contributed by atoms with Crippen LogP contribution in [-0.2, 0) is 4.79 Å². The van der Waals surface area contributed by atoms with Gasteiger partial charge in [0.1, 0.15) is 6.54 Å². The summed E-state index contributed by atoms with van der Waals surface area (Å²) in [6.45, 7) is 3.39. The van der Waals surface area contributed by atoms with Crippen LogP contribution in [0.15, 0.2) is 0 Å². The smallest absolute Gasteiger partial charge is 0.331 e. The zero-order chi connectivity index (χ0) is 12.2. The highest BCUT2D eigenvalue weighted by Gasteiger charge is 2.35. The van der Waals surface area contributed by atoms with Crippen LogP contribution >= 0.6 is 11.6 Å². The number of carbonyl (C=O) groups is 1. The van der Waals surface area contributed by atoms with E-state index in [9.17, 15) is 18.0 Å². The molecule has 0 fully saturated rings. The average Bonchev–Trinajstić information content (AvgIpc) is 2.10. The maximum Gasteiger partial charge on any atom is 0.406 e. The van der Waals surface area contributed by atoms with Crippen molar-refractivity contribution in [3.8, 4) is 0 Å². The predicted octanol–water partition coefficient (Wildman–Crippen LogP) is 2.66. The van der Waals surface area contributed by atoms with Crippen LogP contribution in [0.25, 0.3) is 0 Å². The van der Waals surface area contributed by atoms with Crippen molar-refractivity contribution >= 4 is 17.5 Å². The third-order valence-electron chi connectivity index (χ3n) is 1.91. The molecule has 15 heavy (non-hydrogen) atoms. The lowest BCUT2D eigenvalue weighted by Crippen LogP contribution is -2.45. The third-order valence-corrected chi connectivity index (χ3v) is 2.37. The Bertz CT molecular complexity index is 218. The number of halogens is 4. The van der Waals surface area contributed by atoms with Gasteiger partial charge in [0.05, 0.1) is 0 Å². The zero-order valence-electron chi connectivity index (χ0n) is 8.94. The Morgan fingerprint density at radius 1 is 1.33 bits per heavy atom. The molecule has 0 bridgehead atoms. The highest BCUT2D eigenvalue weighted by atomic mass is 35.5. The van der Waals surface area contributed by atoms with Gasteiger partial charge in [0.2, 0.25) is 5.91 Å². The van der Waals surface area contributed by atoms with Crippen molar-refractivity contribution in [1.82, 2.24) is 4.90 Å². The van der Waals surface area contributed by atoms with Crippen molar-refractivity contribution in [2.45, 2.75) is 33.0 Å². The number of rotatable bonds is 4. The molecule has 0 saturated heterocycles. The Balaban J connectivity index is 4.60. The normalized spacial score (nSPS) is 14.1. The van der Waals surface area contributed by atoms with Crippen LogP contribution in [0.1, 0.15) is 20.8 Å². The molecule has 90 valence electrons. The summed E-state index contributed by atoms with van der Waals surface area (Å²) in [6.07, 6.45) is -4.37. The van der Waals surface area contributed by atoms with Gasteiger partial charge in [-0.1, -0.05) is 6.92 Å². The van der Waals surface area contributed by atoms with Gasteiger partial charge < -0.3 is 4.90 Å². The molecule has 0 aromatic carbocycles. The number of hydrogen-bond donors (Lipinski definition) is 0. The van der Waals surface area contributed by atoms with Crippen molar-refractivity contribution in [1.29, 1.82) is 0 Å². The summed E-state index contributed by atoms with van der Waals surface area (Å²) in [5.74, 6) is -1.12. The lowest BCUT2D eigenvalue weighted by atomic mass is 10.1. The van der Waals surface area contributed by atoms with Crippen LogP contribution in [0.3, 0.4) is 0 Å². The Kier molecular flexibility index (Phi) is 5.42. The molecule has 0 rings (SSSR count). The fourth-order valence-electron chi connectivity index (χ4n) is 1.06. The van der Waals surface area contributed by atoms with Gasteiger partial charge in [0.25, 0.3) is 0 Å². The molecule has 6 heteroatoms. The molecular weight excluding hydrogens is 231 g/mol. The first-order chi connectivity index (χ1) is 6.69. The maximum absolute atomic E-state index is 12.2. The van der Waals surface area contributed by atoms with Gasteiger partial charge >= 0.3 is 6.18 Å². The van der Waals surface area contributed by atoms with Crippen LogP contribution < -0.4 is 0 Å². The zero-order valence-corrected chi connectivity index (χ0v) is 9.69. The highest BCUT2D eigenvalue weighted by Crippen LogP contribution is 2.19. The Morgan fingerprint density at radius 2 is 1.80 bits per heavy atom. The van der Waals surface area contributed by atoms with E-state index < -0.39 is 30.6 Å². The van der Waals surface area contributed by atoms with Gasteiger partial charge in [-0.25, -0.2) is 0 Å². The van der Waals surface area contributed by atoms with Crippen molar-refractivity contribution in [3.05, 3.63) is 0 Å². The second-order valence-electron chi connectivity index (χ2n) is 3.73. The molecule has 0 aliphatic heterocycles. The standard InChI is InChI=1S/C9H15ClF3NO/c1-6(2)14(5-9(11,12)13)8(15)7(3)4-10/h6-7H,4-5H2,1-3H3. The number of alkyl halides is 4. The second-order valence-corrected chi connectivity index (χ2v) is 4.04. The van der Waals surface area contributed by atoms with Crippen molar-refractivity contribution in [2.75, 3.05) is 12.4 Å². The Labute approximate surface area is 92.4 Å². The first kappa shape index (κ1) is 14.6. The minimum atomic E-state index is -4.37. The van der Waals surface area contributed by atoms with Gasteiger partial charge in [-0.15, -0.1) is 11.6 Å². The van der Waals surface area contributed by atoms with Crippen molar-refractivity contribution < 1.29 is 18.0 Å². The van der Waals surface area contributed by atoms with E-state index in [1.807, 2.05) is 0 Å². The van der Waals surface area contributed by atoms with Crippen LogP contribution in [0.5, 0.6) is 0 Å². The van der Waals surface area contributed by atoms with Crippen molar-refractivity contribution in [3.63, 3.8) is 0 Å². The number of nitrogens with zero attached hydrogens (tertiary/aromatic N) is 1. The molecule has 0 spiro atoms. The van der Waals surface area contributed by atoms with Gasteiger partial charge in [-0.3, -0.25) is 4.79 Å². The molecule has 1 amide bonds. The molecule has 0 radical (unpaired) electrons. The molecule has 0 saturated carbocycles. The fraction of sp³-hybridized carbons (Fsp3) is 0.889. The summed E-state index contributed by atoms with van der Waals surface area (Å²) in [5.41, 5.74) is 0. The Morgan fingerprint density at radius 3 is 2.07 bits per heavy atom. The van der Waals surface area contributed by atoms with E-state index in [-0.39, 0.29) is 5.88 Å². The van der Waals surface area contributed by atoms with Crippen LogP contribution in [0.4, 0.5) is 13.2 Å². The Hall–Kier alpha value is -0.450. The van der Waals surface area contributed by atoms with E-state index in [4.69, 9.17) is 11.6 Å². The highest BCUT2D eigenvalue weighted by molar-refractivity contribution is 6.19. The summed E-state index contributed by atoms with van der Waals surface area (Å²) in [4.78, 5) is 12.3. The van der Waals surface area contributed by atoms with E-state index in [2.05, 4.69) is 0 Å². The van der Waals surface area contributed by atoms with Crippen molar-refractivity contribution in [2.24, 2.45) is 5.92 Å². The molecular formula is C9H15ClF3NO. The molecule has 1 unspecified atom stereocenters. The number of hydrogen-bond acceptors (Lipinski definition) is 1. The van der Waals surface area contributed by atoms with Gasteiger partial charge in [-0.05, 0) is 13.8 Å². The van der Waals surface area contributed by atoms with Gasteiger partial charge in [0, 0.05) is 17.8 Å². The topological polar surface area (TPSA) is 20.3 Å². The second kappa shape index (κ2) is 5.58. The minimum Gasteiger partial charge on any atom is -0.331 e. The van der Waals surface area contributed by atoms with E-state index in [1.54, 1.807) is 13.8 Å². The summed E-state index contributed by atoms with van der Waals surface area (Å²) in [5, 5.41) is 0. The summed E-state index contributed by atoms with van der Waals surface area (Å²) in [6, 6.07) is -0.482. The monoisotopic (exact) mass is 245 g/mol. The summed E-state index contributed by atoms with van der Waals surface area (Å²) < 4.78 is 36.5. The first-order valence-corrected chi connectivity index (χ1v) is 5.15. The third kappa shape index (κ3) is 5.25. The SMILES string of the molecule is CC(CCl)C(=O)N(CC(F)(F)F)C(C)C. The first-order valence-electron chi connectivity index (χ1n) is 4.62. The van der Waals surface area contributed by atoms with Gasteiger partial charge in [-0.2, -0.15) is 13.2 Å². The molecule has 0 aliphatic carbocycles. The molecule has 0 aromatic heterocycles. The lowest BCUT2D eigenvalue weighted by molar-refractivity contribution is -0.166. The predicted molar refractivity (Wildman–Crippen MR) is 52.8 cm³/mol. The van der Waals surface area contributed by atoms with Crippen LogP contribution in [-0.4, -0.2) is 35.4 Å². The van der Waals surface area contributed by atoms with E-state index >= 15 is 0 Å². The molecule has 1 atom stereocenters. The minimum absolute atomic E-state index is 0.0277. The average molecular weight is 246 g/mol. The van der Waals surface area contributed by atoms with Crippen LogP contribution in [0.2, 0.25) is 0 Å². The largest absolute Gasteiger partial charge is 0.406 e. The van der Waals surface area contributed by atoms with E-state index in [0.29, 0.717) is 0 Å². The molecule has 0 aromatic rings. The van der Waals surface area contributed by atoms with Crippen LogP contribution in [0, 0.1) is 5.92 Å².